The molecular weight excluding hydrogens is 160 g/mol. The molecule has 1 heterocycles. The van der Waals surface area contributed by atoms with Gasteiger partial charge < -0.3 is 4.48 Å². The van der Waals surface area contributed by atoms with Gasteiger partial charge in [-0.25, -0.2) is 0 Å². The Morgan fingerprint density at radius 3 is 2.00 bits per heavy atom. The SMILES string of the molecule is C=CC[N+]1(CC=C)CCN(C)CC1. The Morgan fingerprint density at radius 2 is 1.62 bits per heavy atom. The van der Waals surface area contributed by atoms with E-state index in [-0.39, 0.29) is 0 Å². The van der Waals surface area contributed by atoms with E-state index in [1.165, 1.54) is 26.2 Å². The third kappa shape index (κ3) is 2.68. The van der Waals surface area contributed by atoms with E-state index < -0.39 is 0 Å². The van der Waals surface area contributed by atoms with Crippen LogP contribution in [0.15, 0.2) is 25.3 Å². The Kier molecular flexibility index (Phi) is 3.70. The van der Waals surface area contributed by atoms with Crippen LogP contribution in [0.2, 0.25) is 0 Å². The summed E-state index contributed by atoms with van der Waals surface area (Å²) in [5.74, 6) is 0. The maximum atomic E-state index is 3.84. The van der Waals surface area contributed by atoms with E-state index in [4.69, 9.17) is 0 Å². The average molecular weight is 181 g/mol. The van der Waals surface area contributed by atoms with Crippen molar-refractivity contribution in [2.75, 3.05) is 46.3 Å². The molecule has 1 fully saturated rings. The zero-order valence-corrected chi connectivity index (χ0v) is 8.71. The Morgan fingerprint density at radius 1 is 1.15 bits per heavy atom. The zero-order chi connectivity index (χ0) is 9.73. The number of nitrogens with zero attached hydrogens (tertiary/aromatic N) is 2. The summed E-state index contributed by atoms with van der Waals surface area (Å²) in [6.07, 6.45) is 4.07. The molecule has 0 saturated carbocycles. The monoisotopic (exact) mass is 181 g/mol. The Balaban J connectivity index is 2.56. The fourth-order valence-electron chi connectivity index (χ4n) is 1.98. The highest BCUT2D eigenvalue weighted by molar-refractivity contribution is 4.74. The van der Waals surface area contributed by atoms with E-state index in [0.29, 0.717) is 0 Å². The summed E-state index contributed by atoms with van der Waals surface area (Å²) >= 11 is 0. The van der Waals surface area contributed by atoms with Gasteiger partial charge >= 0.3 is 0 Å². The third-order valence-corrected chi connectivity index (χ3v) is 2.94. The molecule has 0 radical (unpaired) electrons. The molecule has 1 rings (SSSR count). The molecule has 1 saturated heterocycles. The summed E-state index contributed by atoms with van der Waals surface area (Å²) < 4.78 is 1.15. The molecule has 0 unspecified atom stereocenters. The van der Waals surface area contributed by atoms with E-state index in [1.807, 2.05) is 12.2 Å². The highest BCUT2D eigenvalue weighted by atomic mass is 15.4. The van der Waals surface area contributed by atoms with Gasteiger partial charge in [0.05, 0.1) is 26.2 Å². The molecule has 0 aliphatic carbocycles. The molecule has 0 N–H and O–H groups in total. The summed E-state index contributed by atoms with van der Waals surface area (Å²) in [5.41, 5.74) is 0. The lowest BCUT2D eigenvalue weighted by Crippen LogP contribution is -2.58. The van der Waals surface area contributed by atoms with Crippen molar-refractivity contribution >= 4 is 0 Å². The zero-order valence-electron chi connectivity index (χ0n) is 8.71. The lowest BCUT2D eigenvalue weighted by molar-refractivity contribution is -0.921. The largest absolute Gasteiger partial charge is 0.315 e. The third-order valence-electron chi connectivity index (χ3n) is 2.94. The second-order valence-corrected chi connectivity index (χ2v) is 4.03. The molecule has 0 bridgehead atoms. The molecule has 0 aromatic carbocycles. The lowest BCUT2D eigenvalue weighted by atomic mass is 10.2. The standard InChI is InChI=1S/C11H21N2/c1-4-8-13(9-5-2)10-6-12(3)7-11-13/h4-5H,1-2,6-11H2,3H3/q+1. The fourth-order valence-corrected chi connectivity index (χ4v) is 1.98. The molecule has 2 nitrogen and oxygen atoms in total. The Hall–Kier alpha value is -0.600. The van der Waals surface area contributed by atoms with E-state index in [0.717, 1.165) is 17.6 Å². The van der Waals surface area contributed by atoms with Gasteiger partial charge in [-0.1, -0.05) is 13.2 Å². The van der Waals surface area contributed by atoms with Crippen LogP contribution in [0.5, 0.6) is 0 Å². The number of piperazine rings is 1. The molecule has 0 spiro atoms. The van der Waals surface area contributed by atoms with Crippen LogP contribution >= 0.6 is 0 Å². The normalized spacial score (nSPS) is 22.5. The van der Waals surface area contributed by atoms with Crippen LogP contribution in [0.4, 0.5) is 0 Å². The molecule has 0 amide bonds. The first-order valence-corrected chi connectivity index (χ1v) is 4.98. The van der Waals surface area contributed by atoms with Gasteiger partial charge in [-0.3, -0.25) is 4.90 Å². The van der Waals surface area contributed by atoms with Gasteiger partial charge in [-0.05, 0) is 19.2 Å². The van der Waals surface area contributed by atoms with E-state index >= 15 is 0 Å². The van der Waals surface area contributed by atoms with E-state index in [9.17, 15) is 0 Å². The van der Waals surface area contributed by atoms with Crippen molar-refractivity contribution in [1.82, 2.24) is 4.90 Å². The average Bonchev–Trinajstić information content (AvgIpc) is 2.11. The first kappa shape index (κ1) is 10.5. The maximum Gasteiger partial charge on any atom is 0.0974 e. The van der Waals surface area contributed by atoms with Crippen LogP contribution in [0, 0.1) is 0 Å². The van der Waals surface area contributed by atoms with Crippen LogP contribution in [0.25, 0.3) is 0 Å². The highest BCUT2D eigenvalue weighted by Crippen LogP contribution is 2.12. The van der Waals surface area contributed by atoms with Crippen LogP contribution in [0.3, 0.4) is 0 Å². The summed E-state index contributed by atoms with van der Waals surface area (Å²) in [7, 11) is 2.19. The van der Waals surface area contributed by atoms with Crippen LogP contribution in [-0.4, -0.2) is 55.7 Å². The van der Waals surface area contributed by atoms with Crippen LogP contribution in [-0.2, 0) is 0 Å². The smallest absolute Gasteiger partial charge is 0.0974 e. The molecule has 13 heavy (non-hydrogen) atoms. The molecule has 1 aliphatic heterocycles. The molecule has 74 valence electrons. The van der Waals surface area contributed by atoms with Crippen molar-refractivity contribution in [3.63, 3.8) is 0 Å². The summed E-state index contributed by atoms with van der Waals surface area (Å²) in [5, 5.41) is 0. The minimum absolute atomic E-state index is 1.08. The van der Waals surface area contributed by atoms with Crippen molar-refractivity contribution < 1.29 is 4.48 Å². The van der Waals surface area contributed by atoms with Crippen LogP contribution in [0.1, 0.15) is 0 Å². The van der Waals surface area contributed by atoms with E-state index in [1.54, 1.807) is 0 Å². The van der Waals surface area contributed by atoms with Crippen molar-refractivity contribution in [1.29, 1.82) is 0 Å². The molecule has 0 aromatic heterocycles. The molecule has 0 atom stereocenters. The minimum Gasteiger partial charge on any atom is -0.315 e. The number of hydrogen-bond acceptors (Lipinski definition) is 1. The minimum atomic E-state index is 1.08. The predicted octanol–water partition coefficient (Wildman–Crippen LogP) is 1.12. The highest BCUT2D eigenvalue weighted by Gasteiger charge is 2.28. The summed E-state index contributed by atoms with van der Waals surface area (Å²) in [6, 6.07) is 0. The first-order valence-electron chi connectivity index (χ1n) is 4.98. The summed E-state index contributed by atoms with van der Waals surface area (Å²) in [4.78, 5) is 2.39. The Labute approximate surface area is 81.7 Å². The van der Waals surface area contributed by atoms with Gasteiger partial charge in [0.25, 0.3) is 0 Å². The Bertz CT molecular complexity index is 167. The number of quaternary nitrogens is 1. The van der Waals surface area contributed by atoms with Crippen molar-refractivity contribution in [3.05, 3.63) is 25.3 Å². The quantitative estimate of drug-likeness (QED) is 0.464. The van der Waals surface area contributed by atoms with Gasteiger partial charge in [0.15, 0.2) is 0 Å². The van der Waals surface area contributed by atoms with Crippen molar-refractivity contribution in [3.8, 4) is 0 Å². The molecule has 0 aromatic rings. The van der Waals surface area contributed by atoms with Gasteiger partial charge in [0.1, 0.15) is 0 Å². The number of likely N-dealkylation sites (N-methyl/N-ethyl adjacent to an activating group) is 1. The molecular formula is C11H21N2+. The van der Waals surface area contributed by atoms with Crippen molar-refractivity contribution in [2.45, 2.75) is 0 Å². The first-order chi connectivity index (χ1) is 6.22. The summed E-state index contributed by atoms with van der Waals surface area (Å²) in [6.45, 7) is 14.7. The maximum absolute atomic E-state index is 3.84. The topological polar surface area (TPSA) is 3.24 Å². The van der Waals surface area contributed by atoms with Gasteiger partial charge in [0, 0.05) is 13.1 Å². The molecule has 2 heteroatoms. The fraction of sp³-hybridized carbons (Fsp3) is 0.636. The predicted molar refractivity (Wildman–Crippen MR) is 57.6 cm³/mol. The number of rotatable bonds is 4. The number of hydrogen-bond donors (Lipinski definition) is 0. The second-order valence-electron chi connectivity index (χ2n) is 4.03. The second kappa shape index (κ2) is 4.58. The van der Waals surface area contributed by atoms with Crippen molar-refractivity contribution in [2.24, 2.45) is 0 Å². The lowest BCUT2D eigenvalue weighted by Gasteiger charge is -2.42. The van der Waals surface area contributed by atoms with E-state index in [2.05, 4.69) is 25.1 Å². The van der Waals surface area contributed by atoms with Gasteiger partial charge in [-0.15, -0.1) is 0 Å². The van der Waals surface area contributed by atoms with Crippen LogP contribution < -0.4 is 0 Å². The van der Waals surface area contributed by atoms with Gasteiger partial charge in [0.2, 0.25) is 0 Å². The molecule has 1 aliphatic rings. The van der Waals surface area contributed by atoms with Gasteiger partial charge in [-0.2, -0.15) is 0 Å².